The number of hydrogen-bond acceptors (Lipinski definition) is 3. The number of H-pyrrole nitrogens is 1. The molecule has 3 aromatic rings. The minimum atomic E-state index is -2.00. The Kier molecular flexibility index (Phi) is 5.59. The first-order valence-electron chi connectivity index (χ1n) is 11.6. The van der Waals surface area contributed by atoms with Gasteiger partial charge >= 0.3 is 0 Å². The van der Waals surface area contributed by atoms with E-state index >= 15 is 0 Å². The number of rotatable bonds is 6. The molecule has 1 aliphatic carbocycles. The van der Waals surface area contributed by atoms with E-state index in [1.54, 1.807) is 0 Å². The standard InChI is InChI=1S/C25H37N3O2Si/c1-16(2)31(17(3)4,18(5)6)30-21-8-9-22-19(12-21)13-24(26-22)25(29)11-10-23-20(14-25)15-28(7)27-23/h8-9,12-13,15-18,26,29H,10-11,14H2,1-7H3. The largest absolute Gasteiger partial charge is 0.543 e. The average Bonchev–Trinajstić information content (AvgIpc) is 3.27. The van der Waals surface area contributed by atoms with Crippen molar-refractivity contribution in [3.63, 3.8) is 0 Å². The number of nitrogens with one attached hydrogen (secondary N) is 1. The lowest BCUT2D eigenvalue weighted by molar-refractivity contribution is 0.0184. The van der Waals surface area contributed by atoms with Crippen LogP contribution in [0.4, 0.5) is 0 Å². The molecule has 0 aliphatic heterocycles. The summed E-state index contributed by atoms with van der Waals surface area (Å²) in [5, 5.41) is 17.1. The predicted molar refractivity (Wildman–Crippen MR) is 129 cm³/mol. The van der Waals surface area contributed by atoms with Crippen molar-refractivity contribution in [1.82, 2.24) is 14.8 Å². The van der Waals surface area contributed by atoms with E-state index in [9.17, 15) is 5.11 Å². The van der Waals surface area contributed by atoms with Gasteiger partial charge in [-0.3, -0.25) is 4.68 Å². The van der Waals surface area contributed by atoms with Crippen molar-refractivity contribution >= 4 is 19.2 Å². The van der Waals surface area contributed by atoms with Crippen LogP contribution in [-0.4, -0.2) is 28.2 Å². The lowest BCUT2D eigenvalue weighted by atomic mass is 9.81. The fraction of sp³-hybridized carbons (Fsp3) is 0.560. The van der Waals surface area contributed by atoms with Crippen LogP contribution in [0.25, 0.3) is 10.9 Å². The molecule has 2 heterocycles. The maximum Gasteiger partial charge on any atom is 0.258 e. The summed E-state index contributed by atoms with van der Waals surface area (Å²) in [5.74, 6) is 0.950. The summed E-state index contributed by atoms with van der Waals surface area (Å²) in [6.45, 7) is 13.9. The average molecular weight is 440 g/mol. The summed E-state index contributed by atoms with van der Waals surface area (Å²) in [5.41, 5.74) is 4.87. The Morgan fingerprint density at radius 1 is 1.10 bits per heavy atom. The highest BCUT2D eigenvalue weighted by Crippen LogP contribution is 2.43. The zero-order chi connectivity index (χ0) is 22.6. The molecule has 1 unspecified atom stereocenters. The summed E-state index contributed by atoms with van der Waals surface area (Å²) in [4.78, 5) is 3.48. The minimum absolute atomic E-state index is 0.529. The lowest BCUT2D eigenvalue weighted by Crippen LogP contribution is -2.50. The Balaban J connectivity index is 1.66. The van der Waals surface area contributed by atoms with Gasteiger partial charge in [-0.1, -0.05) is 41.5 Å². The van der Waals surface area contributed by atoms with Gasteiger partial charge in [-0.2, -0.15) is 5.10 Å². The number of hydrogen-bond donors (Lipinski definition) is 2. The van der Waals surface area contributed by atoms with Gasteiger partial charge in [0.05, 0.1) is 5.69 Å². The molecule has 0 amide bonds. The van der Waals surface area contributed by atoms with E-state index < -0.39 is 13.9 Å². The van der Waals surface area contributed by atoms with Crippen LogP contribution in [0.2, 0.25) is 16.6 Å². The first-order chi connectivity index (χ1) is 14.5. The Bertz CT molecular complexity index is 1060. The van der Waals surface area contributed by atoms with Crippen LogP contribution >= 0.6 is 0 Å². The van der Waals surface area contributed by atoms with E-state index in [0.717, 1.165) is 40.0 Å². The maximum absolute atomic E-state index is 11.5. The van der Waals surface area contributed by atoms with Gasteiger partial charge in [0.25, 0.3) is 8.32 Å². The van der Waals surface area contributed by atoms with Crippen LogP contribution in [0, 0.1) is 0 Å². The first-order valence-corrected chi connectivity index (χ1v) is 13.7. The molecule has 0 saturated carbocycles. The van der Waals surface area contributed by atoms with E-state index in [4.69, 9.17) is 4.43 Å². The van der Waals surface area contributed by atoms with Crippen LogP contribution in [0.5, 0.6) is 5.75 Å². The van der Waals surface area contributed by atoms with Crippen molar-refractivity contribution in [2.45, 2.75) is 83.0 Å². The highest BCUT2D eigenvalue weighted by molar-refractivity contribution is 6.78. The number of fused-ring (bicyclic) bond motifs is 2. The Morgan fingerprint density at radius 2 is 1.77 bits per heavy atom. The highest BCUT2D eigenvalue weighted by Gasteiger charge is 2.47. The molecule has 5 nitrogen and oxygen atoms in total. The number of aromatic amines is 1. The molecule has 0 saturated heterocycles. The zero-order valence-electron chi connectivity index (χ0n) is 20.0. The molecule has 6 heteroatoms. The molecule has 4 rings (SSSR count). The number of aryl methyl sites for hydroxylation is 2. The highest BCUT2D eigenvalue weighted by atomic mass is 28.4. The maximum atomic E-state index is 11.5. The normalized spacial score (nSPS) is 19.6. The van der Waals surface area contributed by atoms with E-state index in [0.29, 0.717) is 29.5 Å². The third kappa shape index (κ3) is 3.74. The van der Waals surface area contributed by atoms with E-state index in [1.807, 2.05) is 17.9 Å². The molecule has 0 spiro atoms. The first kappa shape index (κ1) is 22.2. The number of benzene rings is 1. The van der Waals surface area contributed by atoms with Crippen LogP contribution < -0.4 is 4.43 Å². The van der Waals surface area contributed by atoms with Gasteiger partial charge in [0.15, 0.2) is 0 Å². The Labute approximate surface area is 187 Å². The van der Waals surface area contributed by atoms with Crippen LogP contribution in [0.1, 0.15) is 64.9 Å². The van der Waals surface area contributed by atoms with Crippen molar-refractivity contribution in [2.24, 2.45) is 7.05 Å². The van der Waals surface area contributed by atoms with Gasteiger partial charge in [0.1, 0.15) is 11.4 Å². The van der Waals surface area contributed by atoms with Gasteiger partial charge < -0.3 is 14.5 Å². The molecule has 1 atom stereocenters. The molecule has 0 fully saturated rings. The van der Waals surface area contributed by atoms with Gasteiger partial charge in [0, 0.05) is 36.3 Å². The second-order valence-corrected chi connectivity index (χ2v) is 15.7. The molecular weight excluding hydrogens is 402 g/mol. The summed E-state index contributed by atoms with van der Waals surface area (Å²) >= 11 is 0. The van der Waals surface area contributed by atoms with Gasteiger partial charge in [-0.05, 0) is 59.3 Å². The SMILES string of the molecule is CC(C)[Si](Oc1ccc2[nH]c(C3(O)CCc4nn(C)cc4C3)cc2c1)(C(C)C)C(C)C. The topological polar surface area (TPSA) is 63.1 Å². The lowest BCUT2D eigenvalue weighted by Gasteiger charge is -2.42. The second kappa shape index (κ2) is 7.82. The molecule has 2 N–H and O–H groups in total. The molecule has 1 aliphatic rings. The molecule has 1 aromatic carbocycles. The molecule has 31 heavy (non-hydrogen) atoms. The predicted octanol–water partition coefficient (Wildman–Crippen LogP) is 5.83. The molecule has 2 aromatic heterocycles. The monoisotopic (exact) mass is 439 g/mol. The van der Waals surface area contributed by atoms with E-state index in [1.165, 1.54) is 0 Å². The quantitative estimate of drug-likeness (QED) is 0.475. The van der Waals surface area contributed by atoms with Gasteiger partial charge in [-0.25, -0.2) is 0 Å². The zero-order valence-corrected chi connectivity index (χ0v) is 21.0. The fourth-order valence-electron chi connectivity index (χ4n) is 5.88. The van der Waals surface area contributed by atoms with Gasteiger partial charge in [-0.15, -0.1) is 0 Å². The minimum Gasteiger partial charge on any atom is -0.543 e. The van der Waals surface area contributed by atoms with Crippen molar-refractivity contribution in [3.8, 4) is 5.75 Å². The summed E-state index contributed by atoms with van der Waals surface area (Å²) in [6, 6.07) is 8.43. The summed E-state index contributed by atoms with van der Waals surface area (Å²) in [6.07, 6.45) is 4.09. The van der Waals surface area contributed by atoms with Crippen molar-refractivity contribution < 1.29 is 9.53 Å². The van der Waals surface area contributed by atoms with Crippen molar-refractivity contribution in [3.05, 3.63) is 47.4 Å². The third-order valence-electron chi connectivity index (χ3n) is 7.35. The number of nitrogens with zero attached hydrogens (tertiary/aromatic N) is 2. The Morgan fingerprint density at radius 3 is 2.42 bits per heavy atom. The van der Waals surface area contributed by atoms with Crippen LogP contribution in [0.3, 0.4) is 0 Å². The smallest absolute Gasteiger partial charge is 0.258 e. The van der Waals surface area contributed by atoms with Crippen molar-refractivity contribution in [1.29, 1.82) is 0 Å². The van der Waals surface area contributed by atoms with Crippen molar-refractivity contribution in [2.75, 3.05) is 0 Å². The van der Waals surface area contributed by atoms with Crippen LogP contribution in [-0.2, 0) is 25.5 Å². The number of aromatic nitrogens is 3. The number of aliphatic hydroxyl groups is 1. The van der Waals surface area contributed by atoms with Gasteiger partial charge in [0.2, 0.25) is 0 Å². The van der Waals surface area contributed by atoms with E-state index in [2.05, 4.69) is 75.9 Å². The summed E-state index contributed by atoms with van der Waals surface area (Å²) < 4.78 is 8.72. The third-order valence-corrected chi connectivity index (χ3v) is 13.3. The fourth-order valence-corrected chi connectivity index (χ4v) is 11.1. The summed E-state index contributed by atoms with van der Waals surface area (Å²) in [7, 11) is -0.0611. The van der Waals surface area contributed by atoms with E-state index in [-0.39, 0.29) is 0 Å². The molecule has 168 valence electrons. The second-order valence-electron chi connectivity index (χ2n) is 10.3. The Hall–Kier alpha value is -2.05. The van der Waals surface area contributed by atoms with Crippen LogP contribution in [0.15, 0.2) is 30.5 Å². The molecular formula is C25H37N3O2Si. The molecule has 0 bridgehead atoms. The molecule has 0 radical (unpaired) electrons.